The van der Waals surface area contributed by atoms with Gasteiger partial charge in [-0.1, -0.05) is 12.1 Å². The number of hydrogen-bond donors (Lipinski definition) is 4. The predicted molar refractivity (Wildman–Crippen MR) is 217 cm³/mol. The molecule has 0 unspecified atom stereocenters. The molecule has 282 valence electrons. The fourth-order valence-corrected chi connectivity index (χ4v) is 5.86. The van der Waals surface area contributed by atoms with E-state index in [1.54, 1.807) is 61.7 Å². The molecule has 1 amide bonds. The summed E-state index contributed by atoms with van der Waals surface area (Å²) in [6.07, 6.45) is 6.98. The molecule has 2 aromatic carbocycles. The number of hydrogen-bond acceptors (Lipinski definition) is 13. The number of pyridine rings is 2. The summed E-state index contributed by atoms with van der Waals surface area (Å²) in [5, 5.41) is 15.3. The lowest BCUT2D eigenvalue weighted by Crippen LogP contribution is -2.27. The summed E-state index contributed by atoms with van der Waals surface area (Å²) in [5.41, 5.74) is 20.6. The zero-order valence-corrected chi connectivity index (χ0v) is 31.1. The van der Waals surface area contributed by atoms with Crippen LogP contribution in [-0.2, 0) is 4.79 Å². The number of benzene rings is 2. The smallest absolute Gasteiger partial charge is 0.245 e. The van der Waals surface area contributed by atoms with E-state index in [1.165, 1.54) is 0 Å². The van der Waals surface area contributed by atoms with Gasteiger partial charge in [-0.3, -0.25) is 4.79 Å². The number of fused-ring (bicyclic) bond motifs is 2. The SMILES string of the molecule is COc1ccc(-c2ccc3cnc(-c4c(N)cccc4N)nn23)cn1.COc1ccc(-c2ccc3cnc(Nc4cccc(NC(=O)CN(C)C)c4)nn23)cn1. The second kappa shape index (κ2) is 16.2. The van der Waals surface area contributed by atoms with Gasteiger partial charge in [0.05, 0.1) is 61.1 Å². The summed E-state index contributed by atoms with van der Waals surface area (Å²) in [7, 11) is 6.87. The Balaban J connectivity index is 0.000000175. The Labute approximate surface area is 321 Å². The molecule has 6 aromatic heterocycles. The van der Waals surface area contributed by atoms with Crippen LogP contribution in [0.15, 0.2) is 116 Å². The summed E-state index contributed by atoms with van der Waals surface area (Å²) in [6, 6.07) is 28.1. The predicted octanol–water partition coefficient (Wildman–Crippen LogP) is 5.67. The molecule has 6 N–H and O–H groups in total. The Kier molecular flexibility index (Phi) is 10.6. The molecule has 0 aliphatic rings. The molecule has 0 saturated heterocycles. The zero-order valence-electron chi connectivity index (χ0n) is 31.1. The normalized spacial score (nSPS) is 10.9. The van der Waals surface area contributed by atoms with E-state index < -0.39 is 0 Å². The third kappa shape index (κ3) is 8.14. The minimum Gasteiger partial charge on any atom is -0.481 e. The van der Waals surface area contributed by atoms with E-state index in [9.17, 15) is 4.79 Å². The summed E-state index contributed by atoms with van der Waals surface area (Å²) < 4.78 is 13.8. The summed E-state index contributed by atoms with van der Waals surface area (Å²) in [5.74, 6) is 1.94. The lowest BCUT2D eigenvalue weighted by molar-refractivity contribution is -0.116. The van der Waals surface area contributed by atoms with Gasteiger partial charge >= 0.3 is 0 Å². The van der Waals surface area contributed by atoms with Gasteiger partial charge in [0, 0.05) is 58.4 Å². The number of ether oxygens (including phenoxy) is 2. The molecule has 0 radical (unpaired) electrons. The maximum Gasteiger partial charge on any atom is 0.245 e. The number of likely N-dealkylation sites (N-methyl/N-ethyl adjacent to an activating group) is 1. The van der Waals surface area contributed by atoms with E-state index >= 15 is 0 Å². The summed E-state index contributed by atoms with van der Waals surface area (Å²) in [6.45, 7) is 0.314. The van der Waals surface area contributed by atoms with E-state index in [0.717, 1.165) is 39.2 Å². The van der Waals surface area contributed by atoms with Crippen LogP contribution in [0.2, 0.25) is 0 Å². The van der Waals surface area contributed by atoms with Crippen molar-refractivity contribution in [2.45, 2.75) is 0 Å². The van der Waals surface area contributed by atoms with Crippen molar-refractivity contribution in [1.82, 2.24) is 44.1 Å². The Morgan fingerprint density at radius 3 is 1.82 bits per heavy atom. The van der Waals surface area contributed by atoms with Crippen LogP contribution in [0.3, 0.4) is 0 Å². The lowest BCUT2D eigenvalue weighted by Gasteiger charge is -2.11. The van der Waals surface area contributed by atoms with Gasteiger partial charge < -0.3 is 36.5 Å². The number of rotatable bonds is 10. The number of carbonyl (C=O) groups is 1. The van der Waals surface area contributed by atoms with Crippen LogP contribution < -0.4 is 31.6 Å². The molecule has 0 saturated carbocycles. The maximum atomic E-state index is 12.0. The van der Waals surface area contributed by atoms with Crippen molar-refractivity contribution in [1.29, 1.82) is 0 Å². The van der Waals surface area contributed by atoms with Gasteiger partial charge in [-0.25, -0.2) is 29.0 Å². The van der Waals surface area contributed by atoms with Crippen molar-refractivity contribution in [3.8, 4) is 45.7 Å². The van der Waals surface area contributed by atoms with Crippen LogP contribution in [0, 0.1) is 0 Å². The molecule has 16 nitrogen and oxygen atoms in total. The van der Waals surface area contributed by atoms with Gasteiger partial charge in [-0.15, -0.1) is 10.2 Å². The van der Waals surface area contributed by atoms with Crippen LogP contribution in [0.4, 0.5) is 28.7 Å². The van der Waals surface area contributed by atoms with Crippen molar-refractivity contribution in [3.63, 3.8) is 0 Å². The van der Waals surface area contributed by atoms with Gasteiger partial charge in [0.2, 0.25) is 23.6 Å². The molecule has 16 heteroatoms. The van der Waals surface area contributed by atoms with E-state index in [4.69, 9.17) is 20.9 Å². The quantitative estimate of drug-likeness (QED) is 0.125. The number of nitrogen functional groups attached to an aromatic ring is 2. The van der Waals surface area contributed by atoms with Gasteiger partial charge in [0.1, 0.15) is 0 Å². The Morgan fingerprint density at radius 2 is 1.25 bits per heavy atom. The fourth-order valence-electron chi connectivity index (χ4n) is 5.86. The third-order valence-electron chi connectivity index (χ3n) is 8.49. The van der Waals surface area contributed by atoms with E-state index in [-0.39, 0.29) is 5.91 Å². The number of aromatic nitrogens is 8. The largest absolute Gasteiger partial charge is 0.481 e. The van der Waals surface area contributed by atoms with Crippen molar-refractivity contribution >= 4 is 45.6 Å². The maximum absolute atomic E-state index is 12.0. The minimum absolute atomic E-state index is 0.0788. The standard InChI is InChI=1S/C22H23N7O2.C18H16N6O/c1-28(2)14-20(30)25-16-5-4-6-17(11-16)26-22-24-13-18-8-9-19(29(18)27-22)15-7-10-21(31-3)23-12-15;1-25-16-8-5-11(9-21-16)15-7-6-12-10-22-18(23-24(12)15)17-13(19)3-2-4-14(17)20/h4-13H,14H2,1-3H3,(H,25,30)(H,26,27);2-10H,19-20H2,1H3. The highest BCUT2D eigenvalue weighted by Crippen LogP contribution is 2.30. The first-order chi connectivity index (χ1) is 27.2. The van der Waals surface area contributed by atoms with Crippen LogP contribution in [0.25, 0.3) is 44.9 Å². The zero-order chi connectivity index (χ0) is 39.2. The first kappa shape index (κ1) is 36.8. The monoisotopic (exact) mass is 749 g/mol. The Hall–Kier alpha value is -7.59. The Bertz CT molecular complexity index is 2600. The first-order valence-corrected chi connectivity index (χ1v) is 17.4. The van der Waals surface area contributed by atoms with Gasteiger partial charge in [0.25, 0.3) is 0 Å². The average molecular weight is 750 g/mol. The first-order valence-electron chi connectivity index (χ1n) is 17.4. The topological polar surface area (TPSA) is 201 Å². The highest BCUT2D eigenvalue weighted by atomic mass is 16.5. The molecule has 0 aliphatic carbocycles. The second-order valence-electron chi connectivity index (χ2n) is 12.8. The van der Waals surface area contributed by atoms with Crippen LogP contribution >= 0.6 is 0 Å². The Morgan fingerprint density at radius 1 is 0.679 bits per heavy atom. The number of nitrogens with two attached hydrogens (primary N) is 2. The minimum atomic E-state index is -0.0788. The molecule has 8 rings (SSSR count). The number of carbonyl (C=O) groups excluding carboxylic acids is 1. The van der Waals surface area contributed by atoms with Crippen molar-refractivity contribution in [2.24, 2.45) is 0 Å². The number of methoxy groups -OCH3 is 2. The molecule has 0 spiro atoms. The highest BCUT2D eigenvalue weighted by Gasteiger charge is 2.14. The molecule has 8 aromatic rings. The molecule has 6 heterocycles. The summed E-state index contributed by atoms with van der Waals surface area (Å²) >= 11 is 0. The van der Waals surface area contributed by atoms with Gasteiger partial charge in [-0.2, -0.15) is 0 Å². The highest BCUT2D eigenvalue weighted by molar-refractivity contribution is 5.92. The fraction of sp³-hybridized carbons (Fsp3) is 0.125. The second-order valence-corrected chi connectivity index (χ2v) is 12.8. The van der Waals surface area contributed by atoms with E-state index in [2.05, 4.69) is 40.8 Å². The number of nitrogens with one attached hydrogen (secondary N) is 2. The molecule has 0 aliphatic heterocycles. The van der Waals surface area contributed by atoms with Crippen LogP contribution in [-0.4, -0.2) is 84.8 Å². The van der Waals surface area contributed by atoms with E-state index in [0.29, 0.717) is 52.7 Å². The number of nitrogens with zero attached hydrogens (tertiary/aromatic N) is 9. The summed E-state index contributed by atoms with van der Waals surface area (Å²) in [4.78, 5) is 31.1. The van der Waals surface area contributed by atoms with Crippen molar-refractivity contribution in [3.05, 3.63) is 116 Å². The molecule has 0 bridgehead atoms. The lowest BCUT2D eigenvalue weighted by atomic mass is 10.1. The third-order valence-corrected chi connectivity index (χ3v) is 8.49. The van der Waals surface area contributed by atoms with Crippen LogP contribution in [0.5, 0.6) is 11.8 Å². The molecular weight excluding hydrogens is 711 g/mol. The molecular formula is C40H39N13O3. The van der Waals surface area contributed by atoms with E-state index in [1.807, 2.05) is 96.3 Å². The van der Waals surface area contributed by atoms with Gasteiger partial charge in [-0.05, 0) is 80.8 Å². The molecule has 56 heavy (non-hydrogen) atoms. The number of amides is 1. The number of anilines is 5. The van der Waals surface area contributed by atoms with Gasteiger partial charge in [0.15, 0.2) is 5.82 Å². The molecule has 0 atom stereocenters. The molecule has 0 fully saturated rings. The van der Waals surface area contributed by atoms with Crippen molar-refractivity contribution < 1.29 is 14.3 Å². The average Bonchev–Trinajstić information content (AvgIpc) is 3.82. The van der Waals surface area contributed by atoms with Crippen molar-refractivity contribution in [2.75, 3.05) is 57.0 Å². The van der Waals surface area contributed by atoms with Crippen LogP contribution in [0.1, 0.15) is 0 Å².